The smallest absolute Gasteiger partial charge is 0.272 e. The van der Waals surface area contributed by atoms with E-state index in [-0.39, 0.29) is 11.8 Å². The van der Waals surface area contributed by atoms with Gasteiger partial charge in [0.2, 0.25) is 0 Å². The number of rotatable bonds is 3. The molecule has 0 spiro atoms. The van der Waals surface area contributed by atoms with E-state index in [2.05, 4.69) is 9.97 Å². The predicted molar refractivity (Wildman–Crippen MR) is 90.5 cm³/mol. The molecule has 0 bridgehead atoms. The van der Waals surface area contributed by atoms with Gasteiger partial charge >= 0.3 is 0 Å². The van der Waals surface area contributed by atoms with Crippen molar-refractivity contribution in [2.24, 2.45) is 13.0 Å². The van der Waals surface area contributed by atoms with E-state index in [1.165, 1.54) is 0 Å². The quantitative estimate of drug-likeness (QED) is 0.936. The first kappa shape index (κ1) is 16.6. The van der Waals surface area contributed by atoms with Crippen LogP contribution in [0.2, 0.25) is 0 Å². The van der Waals surface area contributed by atoms with E-state index >= 15 is 0 Å². The minimum atomic E-state index is -0.581. The Balaban J connectivity index is 1.63. The first-order valence-corrected chi connectivity index (χ1v) is 8.35. The lowest BCUT2D eigenvalue weighted by Crippen LogP contribution is -2.40. The van der Waals surface area contributed by atoms with E-state index in [1.54, 1.807) is 12.4 Å². The van der Waals surface area contributed by atoms with Crippen LogP contribution >= 0.6 is 0 Å². The summed E-state index contributed by atoms with van der Waals surface area (Å²) in [6.07, 6.45) is 6.24. The molecule has 2 aromatic heterocycles. The van der Waals surface area contributed by atoms with Gasteiger partial charge in [0.1, 0.15) is 17.6 Å². The molecule has 1 N–H and O–H groups in total. The highest BCUT2D eigenvalue weighted by Gasteiger charge is 2.30. The largest absolute Gasteiger partial charge is 0.385 e. The van der Waals surface area contributed by atoms with Crippen molar-refractivity contribution in [2.75, 3.05) is 13.1 Å². The molecule has 0 aromatic carbocycles. The highest BCUT2D eigenvalue weighted by atomic mass is 16.3. The van der Waals surface area contributed by atoms with Gasteiger partial charge in [-0.2, -0.15) is 0 Å². The van der Waals surface area contributed by atoms with Gasteiger partial charge in [0.25, 0.3) is 5.91 Å². The van der Waals surface area contributed by atoms with Crippen LogP contribution in [0.3, 0.4) is 0 Å². The maximum absolute atomic E-state index is 12.6. The van der Waals surface area contributed by atoms with E-state index < -0.39 is 6.10 Å². The van der Waals surface area contributed by atoms with Crippen LogP contribution in [0.15, 0.2) is 24.7 Å². The Bertz CT molecular complexity index is 732. The second-order valence-corrected chi connectivity index (χ2v) is 6.62. The predicted octanol–water partition coefficient (Wildman–Crippen LogP) is 2.02. The standard InChI is InChI=1S/C18H24N4O2/c1-12-10-15(20-11-13(12)2)18(24)22-7-4-14(5-8-22)16(23)17-19-6-9-21(17)3/h6,9-11,14,16,23H,4-5,7-8H2,1-3H3. The van der Waals surface area contributed by atoms with Crippen LogP contribution in [-0.4, -0.2) is 43.5 Å². The maximum Gasteiger partial charge on any atom is 0.272 e. The fraction of sp³-hybridized carbons (Fsp3) is 0.500. The van der Waals surface area contributed by atoms with Crippen molar-refractivity contribution in [1.29, 1.82) is 0 Å². The zero-order valence-corrected chi connectivity index (χ0v) is 14.4. The molecule has 6 nitrogen and oxygen atoms in total. The molecule has 3 rings (SSSR count). The lowest BCUT2D eigenvalue weighted by Gasteiger charge is -2.33. The average molecular weight is 328 g/mol. The number of pyridine rings is 1. The second kappa shape index (κ2) is 6.73. The number of aliphatic hydroxyl groups is 1. The van der Waals surface area contributed by atoms with Crippen molar-refractivity contribution in [3.63, 3.8) is 0 Å². The van der Waals surface area contributed by atoms with Crippen LogP contribution in [-0.2, 0) is 7.05 Å². The molecule has 0 saturated carbocycles. The molecule has 3 heterocycles. The van der Waals surface area contributed by atoms with Crippen LogP contribution < -0.4 is 0 Å². The molecule has 2 aromatic rings. The summed E-state index contributed by atoms with van der Waals surface area (Å²) < 4.78 is 1.85. The third-order valence-corrected chi connectivity index (χ3v) is 4.99. The number of piperidine rings is 1. The van der Waals surface area contributed by atoms with E-state index in [1.807, 2.05) is 42.6 Å². The first-order valence-electron chi connectivity index (χ1n) is 8.35. The van der Waals surface area contributed by atoms with Gasteiger partial charge in [-0.15, -0.1) is 0 Å². The van der Waals surface area contributed by atoms with Gasteiger partial charge in [-0.1, -0.05) is 0 Å². The monoisotopic (exact) mass is 328 g/mol. The number of imidazole rings is 1. The summed E-state index contributed by atoms with van der Waals surface area (Å²) in [6.45, 7) is 5.25. The lowest BCUT2D eigenvalue weighted by molar-refractivity contribution is 0.0417. The molecule has 1 saturated heterocycles. The SMILES string of the molecule is Cc1cnc(C(=O)N2CCC(C(O)c3nccn3C)CC2)cc1C. The first-order chi connectivity index (χ1) is 11.5. The fourth-order valence-electron chi connectivity index (χ4n) is 3.19. The molecule has 128 valence electrons. The van der Waals surface area contributed by atoms with Gasteiger partial charge in [-0.05, 0) is 49.8 Å². The van der Waals surface area contributed by atoms with Gasteiger partial charge in [-0.25, -0.2) is 4.98 Å². The highest BCUT2D eigenvalue weighted by molar-refractivity contribution is 5.92. The number of hydrogen-bond acceptors (Lipinski definition) is 4. The molecule has 6 heteroatoms. The molecule has 1 unspecified atom stereocenters. The van der Waals surface area contributed by atoms with Crippen LogP contribution in [0.1, 0.15) is 46.4 Å². The van der Waals surface area contributed by atoms with E-state index in [9.17, 15) is 9.90 Å². The molecule has 1 amide bonds. The van der Waals surface area contributed by atoms with Gasteiger partial charge in [0, 0.05) is 38.7 Å². The van der Waals surface area contributed by atoms with Crippen molar-refractivity contribution in [3.05, 3.63) is 47.3 Å². The fourth-order valence-corrected chi connectivity index (χ4v) is 3.19. The normalized spacial score (nSPS) is 17.1. The molecule has 1 atom stereocenters. The second-order valence-electron chi connectivity index (χ2n) is 6.62. The minimum absolute atomic E-state index is 0.0250. The molecule has 1 aliphatic rings. The van der Waals surface area contributed by atoms with Crippen molar-refractivity contribution in [1.82, 2.24) is 19.4 Å². The zero-order valence-electron chi connectivity index (χ0n) is 14.4. The van der Waals surface area contributed by atoms with Crippen LogP contribution in [0.5, 0.6) is 0 Å². The number of amides is 1. The third kappa shape index (κ3) is 3.19. The summed E-state index contributed by atoms with van der Waals surface area (Å²) in [5, 5.41) is 10.5. The summed E-state index contributed by atoms with van der Waals surface area (Å²) in [4.78, 5) is 22.9. The van der Waals surface area contributed by atoms with Crippen molar-refractivity contribution >= 4 is 5.91 Å². The van der Waals surface area contributed by atoms with Crippen molar-refractivity contribution < 1.29 is 9.90 Å². The molecule has 24 heavy (non-hydrogen) atoms. The van der Waals surface area contributed by atoms with E-state index in [0.717, 1.165) is 24.0 Å². The van der Waals surface area contributed by atoms with Crippen LogP contribution in [0.4, 0.5) is 0 Å². The van der Waals surface area contributed by atoms with Crippen molar-refractivity contribution in [3.8, 4) is 0 Å². The molecular formula is C18H24N4O2. The van der Waals surface area contributed by atoms with Crippen molar-refractivity contribution in [2.45, 2.75) is 32.8 Å². The number of aliphatic hydroxyl groups excluding tert-OH is 1. The van der Waals surface area contributed by atoms with Gasteiger partial charge in [0.05, 0.1) is 0 Å². The number of carbonyl (C=O) groups excluding carboxylic acids is 1. The van der Waals surface area contributed by atoms with Crippen LogP contribution in [0.25, 0.3) is 0 Å². The molecule has 0 radical (unpaired) electrons. The Morgan fingerprint density at radius 3 is 2.54 bits per heavy atom. The molecule has 0 aliphatic carbocycles. The summed E-state index contributed by atoms with van der Waals surface area (Å²) in [6, 6.07) is 1.85. The number of nitrogens with zero attached hydrogens (tertiary/aromatic N) is 4. The number of aromatic nitrogens is 3. The molecule has 1 fully saturated rings. The molecular weight excluding hydrogens is 304 g/mol. The minimum Gasteiger partial charge on any atom is -0.385 e. The average Bonchev–Trinajstić information content (AvgIpc) is 3.02. The third-order valence-electron chi connectivity index (χ3n) is 4.99. The van der Waals surface area contributed by atoms with E-state index in [0.29, 0.717) is 24.6 Å². The summed E-state index contributed by atoms with van der Waals surface area (Å²) >= 11 is 0. The number of aryl methyl sites for hydroxylation is 3. The highest BCUT2D eigenvalue weighted by Crippen LogP contribution is 2.30. The van der Waals surface area contributed by atoms with E-state index in [4.69, 9.17) is 0 Å². The lowest BCUT2D eigenvalue weighted by atomic mass is 9.90. The topological polar surface area (TPSA) is 71.2 Å². The summed E-state index contributed by atoms with van der Waals surface area (Å²) in [5.41, 5.74) is 2.66. The Hall–Kier alpha value is -2.21. The molecule has 1 aliphatic heterocycles. The Morgan fingerprint density at radius 2 is 1.96 bits per heavy atom. The van der Waals surface area contributed by atoms with Gasteiger partial charge in [0.15, 0.2) is 0 Å². The maximum atomic E-state index is 12.6. The Morgan fingerprint density at radius 1 is 1.25 bits per heavy atom. The number of hydrogen-bond donors (Lipinski definition) is 1. The summed E-state index contributed by atoms with van der Waals surface area (Å²) in [5.74, 6) is 0.793. The van der Waals surface area contributed by atoms with Gasteiger partial charge < -0.3 is 14.6 Å². The number of carbonyl (C=O) groups is 1. The van der Waals surface area contributed by atoms with Crippen LogP contribution in [0, 0.1) is 19.8 Å². The Kier molecular flexibility index (Phi) is 4.66. The zero-order chi connectivity index (χ0) is 17.3. The Labute approximate surface area is 142 Å². The summed E-state index contributed by atoms with van der Waals surface area (Å²) in [7, 11) is 1.88. The number of likely N-dealkylation sites (tertiary alicyclic amines) is 1. The van der Waals surface area contributed by atoms with Gasteiger partial charge in [-0.3, -0.25) is 9.78 Å².